The van der Waals surface area contributed by atoms with E-state index in [-0.39, 0.29) is 5.91 Å². The number of ether oxygens (including phenoxy) is 1. The van der Waals surface area contributed by atoms with E-state index in [4.69, 9.17) is 4.74 Å². The van der Waals surface area contributed by atoms with Crippen LogP contribution >= 0.6 is 11.8 Å². The number of carbonyl (C=O) groups is 1. The maximum absolute atomic E-state index is 12.8. The Balaban J connectivity index is 1.26. The second-order valence-corrected chi connectivity index (χ2v) is 8.40. The average Bonchev–Trinajstić information content (AvgIpc) is 3.21. The lowest BCUT2D eigenvalue weighted by Gasteiger charge is -2.36. The van der Waals surface area contributed by atoms with Crippen LogP contribution in [-0.2, 0) is 4.79 Å². The molecule has 1 N–H and O–H groups in total. The van der Waals surface area contributed by atoms with Crippen molar-refractivity contribution in [2.24, 2.45) is 0 Å². The smallest absolute Gasteiger partial charge is 0.233 e. The summed E-state index contributed by atoms with van der Waals surface area (Å²) in [6.45, 7) is 3.17. The monoisotopic (exact) mass is 433 g/mol. The fourth-order valence-electron chi connectivity index (χ4n) is 3.96. The summed E-state index contributed by atoms with van der Waals surface area (Å²) in [5.74, 6) is 1.28. The zero-order chi connectivity index (χ0) is 21.2. The Morgan fingerprint density at radius 3 is 2.68 bits per heavy atom. The maximum Gasteiger partial charge on any atom is 0.233 e. The number of nitrogens with one attached hydrogen (secondary N) is 1. The number of para-hydroxylation sites is 1. The minimum Gasteiger partial charge on any atom is -0.497 e. The van der Waals surface area contributed by atoms with Crippen molar-refractivity contribution < 1.29 is 9.53 Å². The number of benzene rings is 2. The van der Waals surface area contributed by atoms with E-state index < -0.39 is 0 Å². The third-order valence-corrected chi connectivity index (χ3v) is 6.61. The Morgan fingerprint density at radius 1 is 1.10 bits per heavy atom. The Hall–Kier alpha value is -3.26. The van der Waals surface area contributed by atoms with Crippen LogP contribution in [0.4, 0.5) is 5.69 Å². The van der Waals surface area contributed by atoms with Gasteiger partial charge < -0.3 is 19.5 Å². The van der Waals surface area contributed by atoms with Crippen LogP contribution in [0.3, 0.4) is 0 Å². The summed E-state index contributed by atoms with van der Waals surface area (Å²) < 4.78 is 5.34. The van der Waals surface area contributed by atoms with E-state index in [1.54, 1.807) is 13.4 Å². The number of fused-ring (bicyclic) bond motifs is 3. The maximum atomic E-state index is 12.8. The van der Waals surface area contributed by atoms with Crippen LogP contribution in [0.1, 0.15) is 0 Å². The molecule has 0 radical (unpaired) electrons. The van der Waals surface area contributed by atoms with E-state index >= 15 is 0 Å². The van der Waals surface area contributed by atoms with Gasteiger partial charge in [-0.3, -0.25) is 4.79 Å². The number of piperazine rings is 1. The molecular weight excluding hydrogens is 410 g/mol. The highest BCUT2D eigenvalue weighted by molar-refractivity contribution is 8.00. The molecule has 1 aliphatic rings. The molecule has 0 bridgehead atoms. The predicted octanol–water partition coefficient (Wildman–Crippen LogP) is 3.56. The normalized spacial score (nSPS) is 14.4. The molecule has 4 aromatic rings. The molecule has 1 saturated heterocycles. The van der Waals surface area contributed by atoms with Crippen LogP contribution in [-0.4, -0.2) is 64.8 Å². The van der Waals surface area contributed by atoms with Crippen molar-refractivity contribution in [1.29, 1.82) is 0 Å². The summed E-state index contributed by atoms with van der Waals surface area (Å²) >= 11 is 1.46. The molecule has 0 unspecified atom stereocenters. The van der Waals surface area contributed by atoms with E-state index in [2.05, 4.69) is 32.0 Å². The summed E-state index contributed by atoms with van der Waals surface area (Å²) in [6, 6.07) is 16.2. The van der Waals surface area contributed by atoms with Gasteiger partial charge in [-0.1, -0.05) is 30.0 Å². The quantitative estimate of drug-likeness (QED) is 0.383. The molecule has 0 spiro atoms. The van der Waals surface area contributed by atoms with Gasteiger partial charge in [0.25, 0.3) is 0 Å². The summed E-state index contributed by atoms with van der Waals surface area (Å²) in [7, 11) is 1.65. The summed E-state index contributed by atoms with van der Waals surface area (Å²) in [5, 5.41) is 1.78. The van der Waals surface area contributed by atoms with Crippen molar-refractivity contribution in [3.8, 4) is 5.75 Å². The summed E-state index contributed by atoms with van der Waals surface area (Å²) in [5.41, 5.74) is 3.89. The lowest BCUT2D eigenvalue weighted by molar-refractivity contribution is -0.128. The van der Waals surface area contributed by atoms with Crippen molar-refractivity contribution in [2.75, 3.05) is 43.9 Å². The first kappa shape index (κ1) is 19.7. The molecule has 31 heavy (non-hydrogen) atoms. The summed E-state index contributed by atoms with van der Waals surface area (Å²) in [6.07, 6.45) is 1.56. The van der Waals surface area contributed by atoms with Gasteiger partial charge >= 0.3 is 0 Å². The molecule has 2 aromatic heterocycles. The lowest BCUT2D eigenvalue weighted by atomic mass is 10.2. The first-order valence-corrected chi connectivity index (χ1v) is 11.2. The number of carbonyl (C=O) groups excluding carboxylic acids is 1. The number of aromatic nitrogens is 3. The van der Waals surface area contributed by atoms with Gasteiger partial charge in [-0.2, -0.15) is 0 Å². The lowest BCUT2D eigenvalue weighted by Crippen LogP contribution is -2.49. The second-order valence-electron chi connectivity index (χ2n) is 7.43. The zero-order valence-electron chi connectivity index (χ0n) is 17.2. The fourth-order valence-corrected chi connectivity index (χ4v) is 4.82. The summed E-state index contributed by atoms with van der Waals surface area (Å²) in [4.78, 5) is 29.4. The van der Waals surface area contributed by atoms with Gasteiger partial charge in [0.15, 0.2) is 0 Å². The van der Waals surface area contributed by atoms with Gasteiger partial charge in [0, 0.05) is 42.8 Å². The number of aromatic amines is 1. The van der Waals surface area contributed by atoms with Crippen molar-refractivity contribution in [1.82, 2.24) is 19.9 Å². The Morgan fingerprint density at radius 2 is 1.90 bits per heavy atom. The number of anilines is 1. The molecule has 8 heteroatoms. The van der Waals surface area contributed by atoms with Crippen LogP contribution in [0.25, 0.3) is 21.9 Å². The number of H-pyrrole nitrogens is 1. The highest BCUT2D eigenvalue weighted by atomic mass is 32.2. The van der Waals surface area contributed by atoms with Crippen molar-refractivity contribution in [2.45, 2.75) is 5.03 Å². The number of hydrogen-bond acceptors (Lipinski definition) is 6. The zero-order valence-corrected chi connectivity index (χ0v) is 18.1. The van der Waals surface area contributed by atoms with Crippen LogP contribution in [0.2, 0.25) is 0 Å². The highest BCUT2D eigenvalue weighted by Crippen LogP contribution is 2.31. The fraction of sp³-hybridized carbons (Fsp3) is 0.261. The van der Waals surface area contributed by atoms with Crippen LogP contribution in [0.5, 0.6) is 5.75 Å². The van der Waals surface area contributed by atoms with Gasteiger partial charge in [-0.25, -0.2) is 9.97 Å². The van der Waals surface area contributed by atoms with Gasteiger partial charge in [0.2, 0.25) is 5.91 Å². The Kier molecular flexibility index (Phi) is 5.38. The third kappa shape index (κ3) is 3.90. The molecule has 7 nitrogen and oxygen atoms in total. The number of rotatable bonds is 5. The van der Waals surface area contributed by atoms with E-state index in [9.17, 15) is 4.79 Å². The number of nitrogens with zero attached hydrogens (tertiary/aromatic N) is 4. The molecule has 5 rings (SSSR count). The van der Waals surface area contributed by atoms with Crippen LogP contribution in [0.15, 0.2) is 59.9 Å². The van der Waals surface area contributed by atoms with Crippen LogP contribution in [0, 0.1) is 0 Å². The van der Waals surface area contributed by atoms with Crippen LogP contribution < -0.4 is 9.64 Å². The molecule has 3 heterocycles. The van der Waals surface area contributed by atoms with Crippen molar-refractivity contribution in [3.63, 3.8) is 0 Å². The molecule has 0 aliphatic carbocycles. The number of hydrogen-bond donors (Lipinski definition) is 1. The van der Waals surface area contributed by atoms with E-state index in [1.165, 1.54) is 17.4 Å². The second kappa shape index (κ2) is 8.47. The number of methoxy groups -OCH3 is 1. The van der Waals surface area contributed by atoms with Gasteiger partial charge in [-0.15, -0.1) is 0 Å². The minimum atomic E-state index is 0.141. The number of amides is 1. The highest BCUT2D eigenvalue weighted by Gasteiger charge is 2.22. The van der Waals surface area contributed by atoms with Gasteiger partial charge in [0.05, 0.1) is 18.4 Å². The Bertz CT molecular complexity index is 1220. The van der Waals surface area contributed by atoms with E-state index in [0.717, 1.165) is 58.9 Å². The average molecular weight is 434 g/mol. The molecule has 2 aromatic carbocycles. The SMILES string of the molecule is COc1ccc2[nH]c3c(SCC(=O)N4CCN(c5ccccc5)CC4)ncnc3c2c1. The molecule has 0 saturated carbocycles. The largest absolute Gasteiger partial charge is 0.497 e. The third-order valence-electron chi connectivity index (χ3n) is 5.64. The molecule has 1 fully saturated rings. The van der Waals surface area contributed by atoms with Gasteiger partial charge in [0.1, 0.15) is 22.6 Å². The minimum absolute atomic E-state index is 0.141. The molecular formula is C23H23N5O2S. The predicted molar refractivity (Wildman–Crippen MR) is 124 cm³/mol. The van der Waals surface area contributed by atoms with Crippen molar-refractivity contribution in [3.05, 3.63) is 54.9 Å². The first-order chi connectivity index (χ1) is 15.2. The topological polar surface area (TPSA) is 74.4 Å². The standard InChI is InChI=1S/C23H23N5O2S/c1-30-17-7-8-19-18(13-17)21-22(26-19)23(25-15-24-21)31-14-20(29)28-11-9-27(10-12-28)16-5-3-2-4-6-16/h2-8,13,15,26H,9-12,14H2,1H3. The van der Waals surface area contributed by atoms with Gasteiger partial charge in [-0.05, 0) is 30.3 Å². The van der Waals surface area contributed by atoms with Crippen molar-refractivity contribution >= 4 is 45.3 Å². The molecule has 158 valence electrons. The molecule has 0 atom stereocenters. The number of thioether (sulfide) groups is 1. The van der Waals surface area contributed by atoms with E-state index in [1.807, 2.05) is 41.3 Å². The Labute approximate surface area is 184 Å². The first-order valence-electron chi connectivity index (χ1n) is 10.2. The molecule has 1 aliphatic heterocycles. The van der Waals surface area contributed by atoms with E-state index in [0.29, 0.717) is 5.75 Å². The molecule has 1 amide bonds.